The van der Waals surface area contributed by atoms with E-state index in [-0.39, 0.29) is 23.0 Å². The van der Waals surface area contributed by atoms with Gasteiger partial charge in [-0.05, 0) is 54.2 Å². The number of hydrogen-bond acceptors (Lipinski definition) is 2. The number of rotatable bonds is 2. The van der Waals surface area contributed by atoms with Gasteiger partial charge < -0.3 is 10.4 Å². The van der Waals surface area contributed by atoms with Gasteiger partial charge in [0, 0.05) is 5.92 Å². The van der Waals surface area contributed by atoms with Crippen LogP contribution in [0.4, 0.5) is 5.69 Å². The Morgan fingerprint density at radius 1 is 1.24 bits per heavy atom. The minimum Gasteiger partial charge on any atom is -0.506 e. The Balaban J connectivity index is 1.76. The molecule has 0 aromatic heterocycles. The zero-order valence-corrected chi connectivity index (χ0v) is 13.1. The number of nitrogens with one attached hydrogen (secondary N) is 1. The molecule has 3 nitrogen and oxygen atoms in total. The molecule has 0 spiro atoms. The summed E-state index contributed by atoms with van der Waals surface area (Å²) in [7, 11) is 0. The number of benzene rings is 1. The summed E-state index contributed by atoms with van der Waals surface area (Å²) in [4.78, 5) is 12.5. The number of carbonyl (C=O) groups excluding carboxylic acids is 1. The molecule has 0 radical (unpaired) electrons. The Morgan fingerprint density at radius 2 is 2.00 bits per heavy atom. The summed E-state index contributed by atoms with van der Waals surface area (Å²) in [6.45, 7) is 6.38. The quantitative estimate of drug-likeness (QED) is 0.806. The summed E-state index contributed by atoms with van der Waals surface area (Å²) in [5, 5.41) is 13.0. The van der Waals surface area contributed by atoms with Crippen molar-refractivity contribution >= 4 is 11.6 Å². The van der Waals surface area contributed by atoms with Crippen LogP contribution in [0.25, 0.3) is 0 Å². The molecule has 2 bridgehead atoms. The third-order valence-electron chi connectivity index (χ3n) is 5.20. The van der Waals surface area contributed by atoms with E-state index in [2.05, 4.69) is 26.1 Å². The second-order valence-corrected chi connectivity index (χ2v) is 7.75. The molecule has 2 aliphatic carbocycles. The first-order chi connectivity index (χ1) is 9.84. The van der Waals surface area contributed by atoms with Crippen LogP contribution in [0.3, 0.4) is 0 Å². The third kappa shape index (κ3) is 2.78. The molecule has 2 N–H and O–H groups in total. The van der Waals surface area contributed by atoms with Gasteiger partial charge in [-0.15, -0.1) is 0 Å². The van der Waals surface area contributed by atoms with Gasteiger partial charge in [-0.1, -0.05) is 33.3 Å². The molecule has 114 valence electrons. The zero-order valence-electron chi connectivity index (χ0n) is 13.1. The molecule has 0 aliphatic heterocycles. The lowest BCUT2D eigenvalue weighted by atomic mass is 9.86. The lowest BCUT2D eigenvalue weighted by Gasteiger charge is -2.23. The van der Waals surface area contributed by atoms with Crippen molar-refractivity contribution in [2.75, 3.05) is 5.32 Å². The summed E-state index contributed by atoms with van der Waals surface area (Å²) < 4.78 is 0. The van der Waals surface area contributed by atoms with Gasteiger partial charge in [-0.2, -0.15) is 0 Å². The highest BCUT2D eigenvalue weighted by Gasteiger charge is 2.43. The van der Waals surface area contributed by atoms with E-state index < -0.39 is 0 Å². The molecule has 21 heavy (non-hydrogen) atoms. The molecule has 1 amide bonds. The third-order valence-corrected chi connectivity index (χ3v) is 5.20. The Kier molecular flexibility index (Phi) is 3.46. The Morgan fingerprint density at radius 3 is 2.57 bits per heavy atom. The molecule has 2 saturated carbocycles. The highest BCUT2D eigenvalue weighted by Crippen LogP contribution is 2.48. The normalized spacial score (nSPS) is 27.9. The molecule has 3 rings (SSSR count). The van der Waals surface area contributed by atoms with Crippen molar-refractivity contribution in [2.24, 2.45) is 17.8 Å². The molecule has 3 heteroatoms. The van der Waals surface area contributed by atoms with Gasteiger partial charge in [0.2, 0.25) is 5.91 Å². The van der Waals surface area contributed by atoms with Gasteiger partial charge in [0.1, 0.15) is 5.75 Å². The van der Waals surface area contributed by atoms with Crippen LogP contribution in [0.2, 0.25) is 0 Å². The second-order valence-electron chi connectivity index (χ2n) is 7.75. The van der Waals surface area contributed by atoms with Gasteiger partial charge in [0.05, 0.1) is 5.69 Å². The van der Waals surface area contributed by atoms with E-state index in [0.717, 1.165) is 17.9 Å². The molecule has 2 aliphatic rings. The summed E-state index contributed by atoms with van der Waals surface area (Å²) in [6, 6.07) is 5.50. The molecule has 1 aromatic rings. The number of fused-ring (bicyclic) bond motifs is 2. The predicted octanol–water partition coefficient (Wildman–Crippen LogP) is 4.06. The number of phenolic OH excluding ortho intramolecular Hbond substituents is 1. The Hall–Kier alpha value is -1.51. The van der Waals surface area contributed by atoms with Crippen molar-refractivity contribution in [1.82, 2.24) is 0 Å². The van der Waals surface area contributed by atoms with E-state index in [9.17, 15) is 9.90 Å². The minimum atomic E-state index is -0.000393. The molecular formula is C18H25NO2. The lowest BCUT2D eigenvalue weighted by Crippen LogP contribution is -2.27. The number of aromatic hydroxyl groups is 1. The van der Waals surface area contributed by atoms with E-state index in [1.165, 1.54) is 19.3 Å². The topological polar surface area (TPSA) is 49.3 Å². The van der Waals surface area contributed by atoms with Crippen LogP contribution < -0.4 is 5.32 Å². The van der Waals surface area contributed by atoms with Gasteiger partial charge in [0.25, 0.3) is 0 Å². The van der Waals surface area contributed by atoms with E-state index in [4.69, 9.17) is 0 Å². The number of phenols is 1. The minimum absolute atomic E-state index is 0.000393. The molecule has 0 saturated heterocycles. The molecule has 3 atom stereocenters. The van der Waals surface area contributed by atoms with E-state index in [1.807, 2.05) is 12.1 Å². The number of carbonyl (C=O) groups is 1. The van der Waals surface area contributed by atoms with Crippen LogP contribution in [0.15, 0.2) is 18.2 Å². The fourth-order valence-corrected chi connectivity index (χ4v) is 3.89. The number of hydrogen-bond donors (Lipinski definition) is 2. The Labute approximate surface area is 126 Å². The zero-order chi connectivity index (χ0) is 15.2. The van der Waals surface area contributed by atoms with Crippen LogP contribution in [0, 0.1) is 17.8 Å². The van der Waals surface area contributed by atoms with Gasteiger partial charge in [0.15, 0.2) is 0 Å². The second kappa shape index (κ2) is 5.04. The van der Waals surface area contributed by atoms with E-state index in [1.54, 1.807) is 6.07 Å². The fourth-order valence-electron chi connectivity index (χ4n) is 3.89. The van der Waals surface area contributed by atoms with Crippen molar-refractivity contribution in [3.05, 3.63) is 23.8 Å². The SMILES string of the molecule is CC(C)(C)c1ccc(O)c(NC(=O)[C@@H]2C[C@H]3CC[C@H]2C3)c1. The van der Waals surface area contributed by atoms with Crippen LogP contribution >= 0.6 is 0 Å². The van der Waals surface area contributed by atoms with Crippen molar-refractivity contribution < 1.29 is 9.90 Å². The molecule has 1 aromatic carbocycles. The largest absolute Gasteiger partial charge is 0.506 e. The maximum absolute atomic E-state index is 12.5. The molecular weight excluding hydrogens is 262 g/mol. The maximum atomic E-state index is 12.5. The Bertz CT molecular complexity index is 559. The highest BCUT2D eigenvalue weighted by atomic mass is 16.3. The first-order valence-corrected chi connectivity index (χ1v) is 7.99. The van der Waals surface area contributed by atoms with Crippen molar-refractivity contribution in [3.63, 3.8) is 0 Å². The maximum Gasteiger partial charge on any atom is 0.227 e. The van der Waals surface area contributed by atoms with Crippen LogP contribution in [-0.4, -0.2) is 11.0 Å². The van der Waals surface area contributed by atoms with Gasteiger partial charge in [-0.3, -0.25) is 4.79 Å². The molecule has 0 unspecified atom stereocenters. The lowest BCUT2D eigenvalue weighted by molar-refractivity contribution is -0.121. The monoisotopic (exact) mass is 287 g/mol. The van der Waals surface area contributed by atoms with E-state index in [0.29, 0.717) is 11.6 Å². The summed E-state index contributed by atoms with van der Waals surface area (Å²) in [5.41, 5.74) is 1.67. The first kappa shape index (κ1) is 14.4. The van der Waals surface area contributed by atoms with Crippen molar-refractivity contribution in [3.8, 4) is 5.75 Å². The van der Waals surface area contributed by atoms with Gasteiger partial charge >= 0.3 is 0 Å². The average Bonchev–Trinajstić information content (AvgIpc) is 3.02. The summed E-state index contributed by atoms with van der Waals surface area (Å²) in [5.74, 6) is 1.69. The highest BCUT2D eigenvalue weighted by molar-refractivity contribution is 5.94. The standard InChI is InChI=1S/C18H25NO2/c1-18(2,3)13-6-7-16(20)15(10-13)19-17(21)14-9-11-4-5-12(14)8-11/h6-7,10-12,14,20H,4-5,8-9H2,1-3H3,(H,19,21)/t11-,12-,14+/m0/s1. The van der Waals surface area contributed by atoms with Crippen molar-refractivity contribution in [1.29, 1.82) is 0 Å². The summed E-state index contributed by atoms with van der Waals surface area (Å²) >= 11 is 0. The van der Waals surface area contributed by atoms with E-state index >= 15 is 0 Å². The number of amides is 1. The predicted molar refractivity (Wildman–Crippen MR) is 84.4 cm³/mol. The number of anilines is 1. The van der Waals surface area contributed by atoms with Crippen LogP contribution in [0.5, 0.6) is 5.75 Å². The first-order valence-electron chi connectivity index (χ1n) is 7.99. The van der Waals surface area contributed by atoms with Crippen LogP contribution in [-0.2, 0) is 10.2 Å². The van der Waals surface area contributed by atoms with Crippen molar-refractivity contribution in [2.45, 2.75) is 51.9 Å². The molecule has 2 fully saturated rings. The van der Waals surface area contributed by atoms with Crippen LogP contribution in [0.1, 0.15) is 52.0 Å². The molecule has 0 heterocycles. The van der Waals surface area contributed by atoms with Gasteiger partial charge in [-0.25, -0.2) is 0 Å². The average molecular weight is 287 g/mol. The summed E-state index contributed by atoms with van der Waals surface area (Å²) in [6.07, 6.45) is 4.72. The fraction of sp³-hybridized carbons (Fsp3) is 0.611. The smallest absolute Gasteiger partial charge is 0.227 e.